The SMILES string of the molecule is Cn1ccc(Cn2nc(-c3ccc(OC(F)F)cc3)ccc2=O)n1. The van der Waals surface area contributed by atoms with E-state index in [9.17, 15) is 13.6 Å². The van der Waals surface area contributed by atoms with Crippen molar-refractivity contribution in [3.63, 3.8) is 0 Å². The second-order valence-corrected chi connectivity index (χ2v) is 5.10. The van der Waals surface area contributed by atoms with E-state index >= 15 is 0 Å². The Morgan fingerprint density at radius 1 is 1.08 bits per heavy atom. The Kier molecular flexibility index (Phi) is 4.37. The number of aromatic nitrogens is 4. The van der Waals surface area contributed by atoms with Gasteiger partial charge in [0.1, 0.15) is 5.75 Å². The molecule has 1 aromatic carbocycles. The highest BCUT2D eigenvalue weighted by Crippen LogP contribution is 2.21. The second kappa shape index (κ2) is 6.61. The van der Waals surface area contributed by atoms with E-state index in [1.54, 1.807) is 42.2 Å². The molecular weight excluding hydrogens is 318 g/mol. The number of alkyl halides is 2. The molecule has 0 radical (unpaired) electrons. The van der Waals surface area contributed by atoms with Gasteiger partial charge in [-0.15, -0.1) is 0 Å². The minimum Gasteiger partial charge on any atom is -0.435 e. The van der Waals surface area contributed by atoms with Crippen molar-refractivity contribution in [2.75, 3.05) is 0 Å². The van der Waals surface area contributed by atoms with Crippen molar-refractivity contribution >= 4 is 0 Å². The van der Waals surface area contributed by atoms with Gasteiger partial charge in [-0.1, -0.05) is 0 Å². The molecule has 3 aromatic rings. The maximum atomic E-state index is 12.2. The zero-order valence-electron chi connectivity index (χ0n) is 12.8. The van der Waals surface area contributed by atoms with Crippen LogP contribution in [0.2, 0.25) is 0 Å². The van der Waals surface area contributed by atoms with Crippen LogP contribution in [0.5, 0.6) is 5.75 Å². The molecule has 0 N–H and O–H groups in total. The Bertz CT molecular complexity index is 888. The molecule has 8 heteroatoms. The van der Waals surface area contributed by atoms with E-state index in [-0.39, 0.29) is 17.9 Å². The van der Waals surface area contributed by atoms with E-state index in [4.69, 9.17) is 0 Å². The van der Waals surface area contributed by atoms with Crippen molar-refractivity contribution in [3.05, 3.63) is 64.7 Å². The summed E-state index contributed by atoms with van der Waals surface area (Å²) in [6.45, 7) is -2.62. The molecule has 0 saturated heterocycles. The summed E-state index contributed by atoms with van der Waals surface area (Å²) in [5.74, 6) is 0.0653. The van der Waals surface area contributed by atoms with E-state index in [0.29, 0.717) is 17.0 Å². The van der Waals surface area contributed by atoms with Crippen molar-refractivity contribution in [2.45, 2.75) is 13.2 Å². The molecule has 0 unspecified atom stereocenters. The average Bonchev–Trinajstić information content (AvgIpc) is 2.95. The monoisotopic (exact) mass is 332 g/mol. The van der Waals surface area contributed by atoms with Crippen LogP contribution in [-0.4, -0.2) is 26.2 Å². The third-order valence-corrected chi connectivity index (χ3v) is 3.32. The minimum absolute atomic E-state index is 0.0653. The molecule has 0 saturated carbocycles. The highest BCUT2D eigenvalue weighted by atomic mass is 19.3. The second-order valence-electron chi connectivity index (χ2n) is 5.10. The van der Waals surface area contributed by atoms with Gasteiger partial charge in [-0.25, -0.2) is 4.68 Å². The highest BCUT2D eigenvalue weighted by Gasteiger charge is 2.08. The fraction of sp³-hybridized carbons (Fsp3) is 0.188. The minimum atomic E-state index is -2.87. The molecule has 0 aliphatic heterocycles. The molecule has 24 heavy (non-hydrogen) atoms. The van der Waals surface area contributed by atoms with Crippen molar-refractivity contribution in [1.82, 2.24) is 19.6 Å². The van der Waals surface area contributed by atoms with Crippen LogP contribution in [0.25, 0.3) is 11.3 Å². The summed E-state index contributed by atoms with van der Waals surface area (Å²) < 4.78 is 31.6. The first-order valence-electron chi connectivity index (χ1n) is 7.13. The summed E-state index contributed by atoms with van der Waals surface area (Å²) >= 11 is 0. The molecule has 0 bridgehead atoms. The van der Waals surface area contributed by atoms with Crippen LogP contribution >= 0.6 is 0 Å². The van der Waals surface area contributed by atoms with Crippen molar-refractivity contribution in [3.8, 4) is 17.0 Å². The third kappa shape index (κ3) is 3.65. The molecule has 0 amide bonds. The Balaban J connectivity index is 1.86. The van der Waals surface area contributed by atoms with Gasteiger partial charge in [0.2, 0.25) is 0 Å². The molecule has 0 fully saturated rings. The lowest BCUT2D eigenvalue weighted by atomic mass is 10.1. The first-order valence-corrected chi connectivity index (χ1v) is 7.13. The van der Waals surface area contributed by atoms with Crippen LogP contribution in [0.4, 0.5) is 8.78 Å². The average molecular weight is 332 g/mol. The van der Waals surface area contributed by atoms with Gasteiger partial charge in [0.15, 0.2) is 0 Å². The molecule has 0 aliphatic rings. The Morgan fingerprint density at radius 2 is 1.83 bits per heavy atom. The van der Waals surface area contributed by atoms with E-state index in [1.807, 2.05) is 0 Å². The summed E-state index contributed by atoms with van der Waals surface area (Å²) in [5.41, 5.74) is 1.70. The summed E-state index contributed by atoms with van der Waals surface area (Å²) in [7, 11) is 1.79. The summed E-state index contributed by atoms with van der Waals surface area (Å²) in [5, 5.41) is 8.52. The number of benzene rings is 1. The number of hydrogen-bond donors (Lipinski definition) is 0. The fourth-order valence-corrected chi connectivity index (χ4v) is 2.22. The quantitative estimate of drug-likeness (QED) is 0.719. The Labute approximate surface area is 135 Å². The number of halogens is 2. The van der Waals surface area contributed by atoms with Crippen LogP contribution in [0.15, 0.2) is 53.5 Å². The number of aryl methyl sites for hydroxylation is 1. The van der Waals surface area contributed by atoms with Gasteiger partial charge >= 0.3 is 6.61 Å². The van der Waals surface area contributed by atoms with E-state index in [1.165, 1.54) is 22.9 Å². The van der Waals surface area contributed by atoms with Gasteiger partial charge < -0.3 is 4.74 Å². The molecule has 2 aromatic heterocycles. The van der Waals surface area contributed by atoms with E-state index < -0.39 is 6.61 Å². The third-order valence-electron chi connectivity index (χ3n) is 3.32. The van der Waals surface area contributed by atoms with Crippen LogP contribution in [-0.2, 0) is 13.6 Å². The van der Waals surface area contributed by atoms with Crippen molar-refractivity contribution < 1.29 is 13.5 Å². The first kappa shape index (κ1) is 15.9. The van der Waals surface area contributed by atoms with E-state index in [2.05, 4.69) is 14.9 Å². The normalized spacial score (nSPS) is 11.0. The lowest BCUT2D eigenvalue weighted by Gasteiger charge is -2.07. The summed E-state index contributed by atoms with van der Waals surface area (Å²) in [6, 6.07) is 10.9. The molecule has 0 aliphatic carbocycles. The molecule has 6 nitrogen and oxygen atoms in total. The zero-order valence-corrected chi connectivity index (χ0v) is 12.8. The summed E-state index contributed by atoms with van der Waals surface area (Å²) in [4.78, 5) is 12.0. The predicted octanol–water partition coefficient (Wildman–Crippen LogP) is 2.29. The Hall–Kier alpha value is -3.03. The largest absolute Gasteiger partial charge is 0.435 e. The van der Waals surface area contributed by atoms with Gasteiger partial charge in [-0.05, 0) is 36.4 Å². The molecule has 2 heterocycles. The van der Waals surface area contributed by atoms with Gasteiger partial charge in [0.05, 0.1) is 17.9 Å². The lowest BCUT2D eigenvalue weighted by molar-refractivity contribution is -0.0498. The van der Waals surface area contributed by atoms with Crippen LogP contribution in [0, 0.1) is 0 Å². The maximum absolute atomic E-state index is 12.2. The fourth-order valence-electron chi connectivity index (χ4n) is 2.22. The smallest absolute Gasteiger partial charge is 0.387 e. The molecule has 3 rings (SSSR count). The molecule has 0 atom stereocenters. The zero-order chi connectivity index (χ0) is 17.1. The number of rotatable bonds is 5. The topological polar surface area (TPSA) is 61.9 Å². The van der Waals surface area contributed by atoms with Crippen molar-refractivity contribution in [2.24, 2.45) is 7.05 Å². The number of ether oxygens (including phenoxy) is 1. The first-order chi connectivity index (χ1) is 11.5. The molecule has 0 spiro atoms. The number of hydrogen-bond acceptors (Lipinski definition) is 4. The maximum Gasteiger partial charge on any atom is 0.387 e. The Morgan fingerprint density at radius 3 is 2.46 bits per heavy atom. The van der Waals surface area contributed by atoms with Gasteiger partial charge in [-0.2, -0.15) is 19.0 Å². The van der Waals surface area contributed by atoms with E-state index in [0.717, 1.165) is 0 Å². The standard InChI is InChI=1S/C16H14F2N4O2/c1-21-9-8-12(19-21)10-22-15(23)7-6-14(20-22)11-2-4-13(5-3-11)24-16(17)18/h2-9,16H,10H2,1H3. The van der Waals surface area contributed by atoms with Crippen LogP contribution in [0.3, 0.4) is 0 Å². The lowest BCUT2D eigenvalue weighted by Crippen LogP contribution is -2.23. The predicted molar refractivity (Wildman–Crippen MR) is 82.9 cm³/mol. The van der Waals surface area contributed by atoms with Gasteiger partial charge in [0.25, 0.3) is 5.56 Å². The number of nitrogens with zero attached hydrogens (tertiary/aromatic N) is 4. The molecular formula is C16H14F2N4O2. The highest BCUT2D eigenvalue weighted by molar-refractivity contribution is 5.59. The van der Waals surface area contributed by atoms with Crippen LogP contribution < -0.4 is 10.3 Å². The van der Waals surface area contributed by atoms with Gasteiger partial charge in [-0.3, -0.25) is 9.48 Å². The summed E-state index contributed by atoms with van der Waals surface area (Å²) in [6.07, 6.45) is 1.78. The van der Waals surface area contributed by atoms with Crippen LogP contribution in [0.1, 0.15) is 5.69 Å². The molecule has 124 valence electrons. The van der Waals surface area contributed by atoms with Gasteiger partial charge in [0, 0.05) is 24.9 Å². The van der Waals surface area contributed by atoms with Crippen molar-refractivity contribution in [1.29, 1.82) is 0 Å².